The predicted octanol–water partition coefficient (Wildman–Crippen LogP) is 2.53. The Morgan fingerprint density at radius 3 is 2.20 bits per heavy atom. The van der Waals surface area contributed by atoms with Crippen LogP contribution in [0, 0.1) is 11.8 Å². The fourth-order valence-corrected chi connectivity index (χ4v) is 2.32. The summed E-state index contributed by atoms with van der Waals surface area (Å²) in [6.07, 6.45) is 5.17. The Bertz CT molecular complexity index is 366. The SMILES string of the molecule is C=COCC1CCC(COC(=O)C(=C)CC(=O)O)CC1. The summed E-state index contributed by atoms with van der Waals surface area (Å²) >= 11 is 0. The minimum Gasteiger partial charge on any atom is -0.502 e. The van der Waals surface area contributed by atoms with E-state index in [-0.39, 0.29) is 12.0 Å². The van der Waals surface area contributed by atoms with Crippen molar-refractivity contribution in [3.05, 3.63) is 25.0 Å². The number of carbonyl (C=O) groups excluding carboxylic acids is 1. The third kappa shape index (κ3) is 5.91. The second kappa shape index (κ2) is 8.40. The Morgan fingerprint density at radius 2 is 1.70 bits per heavy atom. The van der Waals surface area contributed by atoms with E-state index in [1.54, 1.807) is 0 Å². The molecule has 5 heteroatoms. The van der Waals surface area contributed by atoms with Crippen molar-refractivity contribution in [1.82, 2.24) is 0 Å². The van der Waals surface area contributed by atoms with Crippen molar-refractivity contribution in [2.45, 2.75) is 32.1 Å². The van der Waals surface area contributed by atoms with Gasteiger partial charge in [-0.15, -0.1) is 0 Å². The van der Waals surface area contributed by atoms with Crippen LogP contribution in [0.3, 0.4) is 0 Å². The average Bonchev–Trinajstić information content (AvgIpc) is 2.42. The van der Waals surface area contributed by atoms with Gasteiger partial charge in [0.25, 0.3) is 0 Å². The lowest BCUT2D eigenvalue weighted by Gasteiger charge is -2.27. The summed E-state index contributed by atoms with van der Waals surface area (Å²) in [6, 6.07) is 0. The lowest BCUT2D eigenvalue weighted by Crippen LogP contribution is -2.23. The molecule has 20 heavy (non-hydrogen) atoms. The molecule has 1 aliphatic rings. The predicted molar refractivity (Wildman–Crippen MR) is 73.9 cm³/mol. The molecule has 0 saturated heterocycles. The van der Waals surface area contributed by atoms with Gasteiger partial charge in [0.05, 0.1) is 25.9 Å². The zero-order valence-electron chi connectivity index (χ0n) is 11.7. The minimum absolute atomic E-state index is 0.00873. The first-order valence-electron chi connectivity index (χ1n) is 6.82. The van der Waals surface area contributed by atoms with Crippen LogP contribution in [0.25, 0.3) is 0 Å². The summed E-state index contributed by atoms with van der Waals surface area (Å²) in [6.45, 7) is 7.98. The molecule has 0 atom stereocenters. The van der Waals surface area contributed by atoms with Crippen LogP contribution in [0.5, 0.6) is 0 Å². The highest BCUT2D eigenvalue weighted by molar-refractivity contribution is 5.92. The maximum atomic E-state index is 11.5. The van der Waals surface area contributed by atoms with Crippen LogP contribution < -0.4 is 0 Å². The molecule has 0 spiro atoms. The van der Waals surface area contributed by atoms with Gasteiger partial charge >= 0.3 is 11.9 Å². The van der Waals surface area contributed by atoms with Gasteiger partial charge in [-0.3, -0.25) is 4.79 Å². The third-order valence-electron chi connectivity index (χ3n) is 3.52. The van der Waals surface area contributed by atoms with Crippen molar-refractivity contribution < 1.29 is 24.2 Å². The van der Waals surface area contributed by atoms with Gasteiger partial charge in [-0.2, -0.15) is 0 Å². The summed E-state index contributed by atoms with van der Waals surface area (Å²) in [5, 5.41) is 8.56. The molecule has 1 fully saturated rings. The second-order valence-electron chi connectivity index (χ2n) is 5.16. The van der Waals surface area contributed by atoms with Crippen molar-refractivity contribution >= 4 is 11.9 Å². The van der Waals surface area contributed by atoms with Gasteiger partial charge in [-0.05, 0) is 37.5 Å². The van der Waals surface area contributed by atoms with Crippen molar-refractivity contribution in [1.29, 1.82) is 0 Å². The summed E-state index contributed by atoms with van der Waals surface area (Å²) in [7, 11) is 0. The standard InChI is InChI=1S/C15H22O5/c1-3-19-9-12-4-6-13(7-5-12)10-20-15(18)11(2)8-14(16)17/h3,12-13H,1-2,4-10H2,(H,16,17). The molecule has 1 N–H and O–H groups in total. The summed E-state index contributed by atoms with van der Waals surface area (Å²) in [5.41, 5.74) is -0.00873. The van der Waals surface area contributed by atoms with Crippen LogP contribution in [-0.2, 0) is 19.1 Å². The largest absolute Gasteiger partial charge is 0.502 e. The maximum Gasteiger partial charge on any atom is 0.333 e. The Balaban J connectivity index is 2.20. The van der Waals surface area contributed by atoms with Gasteiger partial charge in [-0.1, -0.05) is 13.2 Å². The molecule has 0 amide bonds. The quantitative estimate of drug-likeness (QED) is 0.421. The fraction of sp³-hybridized carbons (Fsp3) is 0.600. The van der Waals surface area contributed by atoms with E-state index in [1.807, 2.05) is 0 Å². The maximum absolute atomic E-state index is 11.5. The van der Waals surface area contributed by atoms with E-state index < -0.39 is 11.9 Å². The van der Waals surface area contributed by atoms with Crippen molar-refractivity contribution in [3.8, 4) is 0 Å². The number of hydrogen-bond donors (Lipinski definition) is 1. The zero-order valence-corrected chi connectivity index (χ0v) is 11.7. The topological polar surface area (TPSA) is 72.8 Å². The molecule has 0 bridgehead atoms. The number of ether oxygens (including phenoxy) is 2. The number of hydrogen-bond acceptors (Lipinski definition) is 4. The molecular weight excluding hydrogens is 260 g/mol. The number of rotatable bonds is 8. The first-order valence-corrected chi connectivity index (χ1v) is 6.82. The van der Waals surface area contributed by atoms with Gasteiger partial charge in [0.15, 0.2) is 0 Å². The van der Waals surface area contributed by atoms with Gasteiger partial charge in [0, 0.05) is 5.57 Å². The third-order valence-corrected chi connectivity index (χ3v) is 3.52. The number of carbonyl (C=O) groups is 2. The van der Waals surface area contributed by atoms with E-state index in [9.17, 15) is 9.59 Å². The van der Waals surface area contributed by atoms with E-state index in [2.05, 4.69) is 13.2 Å². The second-order valence-corrected chi connectivity index (χ2v) is 5.16. The monoisotopic (exact) mass is 282 g/mol. The van der Waals surface area contributed by atoms with E-state index in [0.717, 1.165) is 25.7 Å². The minimum atomic E-state index is -1.07. The van der Waals surface area contributed by atoms with Crippen LogP contribution in [0.1, 0.15) is 32.1 Å². The molecule has 0 radical (unpaired) electrons. The smallest absolute Gasteiger partial charge is 0.333 e. The molecule has 0 aromatic heterocycles. The van der Waals surface area contributed by atoms with Crippen LogP contribution in [-0.4, -0.2) is 30.3 Å². The van der Waals surface area contributed by atoms with Crippen LogP contribution >= 0.6 is 0 Å². The lowest BCUT2D eigenvalue weighted by atomic mass is 9.83. The van der Waals surface area contributed by atoms with E-state index in [0.29, 0.717) is 25.0 Å². The highest BCUT2D eigenvalue weighted by Crippen LogP contribution is 2.29. The Labute approximate surface area is 119 Å². The molecule has 1 rings (SSSR count). The van der Waals surface area contributed by atoms with E-state index in [4.69, 9.17) is 14.6 Å². The fourth-order valence-electron chi connectivity index (χ4n) is 2.32. The molecule has 0 aromatic carbocycles. The van der Waals surface area contributed by atoms with Crippen LogP contribution in [0.4, 0.5) is 0 Å². The number of carboxylic acids is 1. The van der Waals surface area contributed by atoms with Gasteiger partial charge in [0.2, 0.25) is 0 Å². The lowest BCUT2D eigenvalue weighted by molar-refractivity contribution is -0.144. The van der Waals surface area contributed by atoms with E-state index in [1.165, 1.54) is 6.26 Å². The Hall–Kier alpha value is -1.78. The molecule has 1 aliphatic carbocycles. The Morgan fingerprint density at radius 1 is 1.15 bits per heavy atom. The van der Waals surface area contributed by atoms with E-state index >= 15 is 0 Å². The highest BCUT2D eigenvalue weighted by atomic mass is 16.5. The summed E-state index contributed by atoms with van der Waals surface area (Å²) < 4.78 is 10.3. The van der Waals surface area contributed by atoms with Crippen molar-refractivity contribution in [3.63, 3.8) is 0 Å². The average molecular weight is 282 g/mol. The highest BCUT2D eigenvalue weighted by Gasteiger charge is 2.23. The Kier molecular flexibility index (Phi) is 6.84. The van der Waals surface area contributed by atoms with Crippen molar-refractivity contribution in [2.75, 3.05) is 13.2 Å². The first kappa shape index (κ1) is 16.3. The molecule has 0 aliphatic heterocycles. The molecule has 1 saturated carbocycles. The van der Waals surface area contributed by atoms with Gasteiger partial charge < -0.3 is 14.6 Å². The molecule has 0 heterocycles. The number of carboxylic acid groups (broad SMARTS) is 1. The molecule has 5 nitrogen and oxygen atoms in total. The summed E-state index contributed by atoms with van der Waals surface area (Å²) in [4.78, 5) is 22.0. The molecule has 112 valence electrons. The van der Waals surface area contributed by atoms with Crippen molar-refractivity contribution in [2.24, 2.45) is 11.8 Å². The summed E-state index contributed by atoms with van der Waals surface area (Å²) in [5.74, 6) is -0.794. The normalized spacial score (nSPS) is 21.8. The molecule has 0 unspecified atom stereocenters. The van der Waals surface area contributed by atoms with Crippen LogP contribution in [0.15, 0.2) is 25.0 Å². The van der Waals surface area contributed by atoms with Gasteiger partial charge in [-0.25, -0.2) is 4.79 Å². The molecule has 0 aromatic rings. The first-order chi connectivity index (χ1) is 9.52. The van der Waals surface area contributed by atoms with Crippen LogP contribution in [0.2, 0.25) is 0 Å². The number of esters is 1. The molecular formula is C15H22O5. The number of aliphatic carboxylic acids is 1. The zero-order chi connectivity index (χ0) is 15.0. The van der Waals surface area contributed by atoms with Gasteiger partial charge in [0.1, 0.15) is 0 Å².